The number of ether oxygens (including phenoxy) is 1. The van der Waals surface area contributed by atoms with Crippen LogP contribution in [-0.2, 0) is 9.53 Å². The minimum atomic E-state index is -0.163. The molecule has 1 saturated carbocycles. The van der Waals surface area contributed by atoms with Gasteiger partial charge in [0, 0.05) is 11.5 Å². The molecule has 0 aromatic heterocycles. The van der Waals surface area contributed by atoms with Gasteiger partial charge in [-0.15, -0.1) is 0 Å². The molecule has 0 amide bonds. The van der Waals surface area contributed by atoms with Crippen molar-refractivity contribution in [3.63, 3.8) is 0 Å². The predicted molar refractivity (Wildman–Crippen MR) is 66.3 cm³/mol. The van der Waals surface area contributed by atoms with Gasteiger partial charge >= 0.3 is 5.97 Å². The highest BCUT2D eigenvalue weighted by atomic mass is 16.6. The van der Waals surface area contributed by atoms with Gasteiger partial charge < -0.3 is 4.74 Å². The molecule has 1 aliphatic heterocycles. The second kappa shape index (κ2) is 3.47. The number of hydrogen-bond donors (Lipinski definition) is 0. The minimum Gasteiger partial charge on any atom is -0.458 e. The molecule has 0 unspecified atom stereocenters. The molecule has 0 aromatic carbocycles. The SMILES string of the molecule is C=C1C(=O)O[C@@H]2C[C@@]3(C)CCC=C(C)[C@H]3C[C@H]12. The molecule has 3 rings (SSSR count). The molecule has 0 aromatic rings. The van der Waals surface area contributed by atoms with Crippen molar-refractivity contribution >= 4 is 5.97 Å². The van der Waals surface area contributed by atoms with E-state index in [4.69, 9.17) is 4.74 Å². The second-order valence-electron chi connectivity index (χ2n) is 6.21. The fourth-order valence-electron chi connectivity index (χ4n) is 4.07. The maximum Gasteiger partial charge on any atom is 0.334 e. The van der Waals surface area contributed by atoms with Gasteiger partial charge in [0.15, 0.2) is 0 Å². The fourth-order valence-corrected chi connectivity index (χ4v) is 4.07. The predicted octanol–water partition coefficient (Wildman–Crippen LogP) is 3.24. The minimum absolute atomic E-state index is 0.0992. The molecular weight excluding hydrogens is 212 g/mol. The molecule has 4 atom stereocenters. The average Bonchev–Trinajstić information content (AvgIpc) is 2.52. The van der Waals surface area contributed by atoms with Crippen LogP contribution in [0.4, 0.5) is 0 Å². The van der Waals surface area contributed by atoms with E-state index in [0.717, 1.165) is 12.8 Å². The number of fused-ring (bicyclic) bond motifs is 2. The lowest BCUT2D eigenvalue weighted by atomic mass is 9.57. The van der Waals surface area contributed by atoms with Crippen molar-refractivity contribution in [3.8, 4) is 0 Å². The van der Waals surface area contributed by atoms with Crippen LogP contribution in [0.1, 0.15) is 39.5 Å². The summed E-state index contributed by atoms with van der Waals surface area (Å²) in [6.07, 6.45) is 6.93. The van der Waals surface area contributed by atoms with Crippen LogP contribution in [0.25, 0.3) is 0 Å². The topological polar surface area (TPSA) is 26.3 Å². The third kappa shape index (κ3) is 1.50. The van der Waals surface area contributed by atoms with E-state index in [0.29, 0.717) is 16.9 Å². The Hall–Kier alpha value is -1.05. The van der Waals surface area contributed by atoms with Crippen LogP contribution in [0.5, 0.6) is 0 Å². The zero-order chi connectivity index (χ0) is 12.2. The quantitative estimate of drug-likeness (QED) is 0.364. The first kappa shape index (κ1) is 11.1. The van der Waals surface area contributed by atoms with Gasteiger partial charge in [0.1, 0.15) is 6.10 Å². The third-order valence-corrected chi connectivity index (χ3v) is 5.15. The summed E-state index contributed by atoms with van der Waals surface area (Å²) in [6, 6.07) is 0. The van der Waals surface area contributed by atoms with Crippen molar-refractivity contribution in [2.45, 2.75) is 45.6 Å². The number of hydrogen-bond acceptors (Lipinski definition) is 2. The first-order chi connectivity index (χ1) is 8.01. The number of carbonyl (C=O) groups is 1. The number of carbonyl (C=O) groups excluding carboxylic acids is 1. The Morgan fingerprint density at radius 2 is 2.29 bits per heavy atom. The number of esters is 1. The Morgan fingerprint density at radius 3 is 3.06 bits per heavy atom. The molecule has 2 fully saturated rings. The molecule has 2 heteroatoms. The van der Waals surface area contributed by atoms with Crippen LogP contribution >= 0.6 is 0 Å². The van der Waals surface area contributed by atoms with Crippen molar-refractivity contribution in [2.75, 3.05) is 0 Å². The first-order valence-electron chi connectivity index (χ1n) is 6.58. The summed E-state index contributed by atoms with van der Waals surface area (Å²) in [5.74, 6) is 0.717. The summed E-state index contributed by atoms with van der Waals surface area (Å²) < 4.78 is 5.47. The largest absolute Gasteiger partial charge is 0.458 e. The zero-order valence-corrected chi connectivity index (χ0v) is 10.7. The monoisotopic (exact) mass is 232 g/mol. The van der Waals surface area contributed by atoms with E-state index in [9.17, 15) is 4.79 Å². The van der Waals surface area contributed by atoms with Crippen LogP contribution in [0, 0.1) is 17.3 Å². The maximum atomic E-state index is 11.6. The standard InChI is InChI=1S/C15H20O2/c1-9-5-4-6-15(3)8-13-11(7-12(9)15)10(2)14(16)17-13/h5,11-13H,2,4,6-8H2,1,3H3/t11-,12-,13-,15-/m1/s1. The highest BCUT2D eigenvalue weighted by Crippen LogP contribution is 2.55. The lowest BCUT2D eigenvalue weighted by Crippen LogP contribution is -2.42. The molecule has 2 aliphatic carbocycles. The van der Waals surface area contributed by atoms with Gasteiger partial charge in [0.25, 0.3) is 0 Å². The molecule has 0 bridgehead atoms. The Balaban J connectivity index is 1.93. The molecule has 1 heterocycles. The Kier molecular flexibility index (Phi) is 2.26. The molecule has 0 N–H and O–H groups in total. The first-order valence-corrected chi connectivity index (χ1v) is 6.58. The summed E-state index contributed by atoms with van der Waals surface area (Å²) in [5.41, 5.74) is 2.53. The molecular formula is C15H20O2. The van der Waals surface area contributed by atoms with Gasteiger partial charge in [0.2, 0.25) is 0 Å². The fraction of sp³-hybridized carbons (Fsp3) is 0.667. The van der Waals surface area contributed by atoms with Crippen molar-refractivity contribution in [1.82, 2.24) is 0 Å². The van der Waals surface area contributed by atoms with Gasteiger partial charge in [0.05, 0.1) is 0 Å². The van der Waals surface area contributed by atoms with Crippen LogP contribution in [0.2, 0.25) is 0 Å². The Morgan fingerprint density at radius 1 is 1.53 bits per heavy atom. The smallest absolute Gasteiger partial charge is 0.334 e. The van der Waals surface area contributed by atoms with E-state index in [-0.39, 0.29) is 18.0 Å². The Bertz CT molecular complexity index is 421. The van der Waals surface area contributed by atoms with E-state index >= 15 is 0 Å². The number of rotatable bonds is 0. The molecule has 17 heavy (non-hydrogen) atoms. The van der Waals surface area contributed by atoms with E-state index in [2.05, 4.69) is 26.5 Å². The van der Waals surface area contributed by atoms with Gasteiger partial charge in [-0.25, -0.2) is 4.79 Å². The van der Waals surface area contributed by atoms with Gasteiger partial charge in [-0.05, 0) is 43.9 Å². The summed E-state index contributed by atoms with van der Waals surface area (Å²) in [4.78, 5) is 11.6. The lowest BCUT2D eigenvalue weighted by Gasteiger charge is -2.48. The molecule has 0 spiro atoms. The van der Waals surface area contributed by atoms with E-state index in [1.54, 1.807) is 0 Å². The summed E-state index contributed by atoms with van der Waals surface area (Å²) in [7, 11) is 0. The van der Waals surface area contributed by atoms with Crippen molar-refractivity contribution in [2.24, 2.45) is 17.3 Å². The Labute approximate surface area is 103 Å². The molecule has 92 valence electrons. The van der Waals surface area contributed by atoms with Crippen LogP contribution < -0.4 is 0 Å². The zero-order valence-electron chi connectivity index (χ0n) is 10.7. The van der Waals surface area contributed by atoms with E-state index < -0.39 is 0 Å². The van der Waals surface area contributed by atoms with Crippen LogP contribution in [0.15, 0.2) is 23.8 Å². The van der Waals surface area contributed by atoms with E-state index in [1.807, 2.05) is 0 Å². The number of allylic oxidation sites excluding steroid dienone is 2. The highest BCUT2D eigenvalue weighted by molar-refractivity contribution is 5.90. The van der Waals surface area contributed by atoms with Crippen molar-refractivity contribution in [1.29, 1.82) is 0 Å². The second-order valence-corrected chi connectivity index (χ2v) is 6.21. The van der Waals surface area contributed by atoms with Gasteiger partial charge in [-0.3, -0.25) is 0 Å². The normalized spacial score (nSPS) is 44.8. The third-order valence-electron chi connectivity index (χ3n) is 5.15. The van der Waals surface area contributed by atoms with Crippen LogP contribution in [-0.4, -0.2) is 12.1 Å². The summed E-state index contributed by atoms with van der Waals surface area (Å²) >= 11 is 0. The summed E-state index contributed by atoms with van der Waals surface area (Å²) in [5, 5.41) is 0. The average molecular weight is 232 g/mol. The van der Waals surface area contributed by atoms with Gasteiger partial charge in [-0.2, -0.15) is 0 Å². The maximum absolute atomic E-state index is 11.6. The molecule has 2 nitrogen and oxygen atoms in total. The van der Waals surface area contributed by atoms with E-state index in [1.165, 1.54) is 18.4 Å². The van der Waals surface area contributed by atoms with Crippen LogP contribution in [0.3, 0.4) is 0 Å². The molecule has 0 radical (unpaired) electrons. The summed E-state index contributed by atoms with van der Waals surface area (Å²) in [6.45, 7) is 8.51. The highest BCUT2D eigenvalue weighted by Gasteiger charge is 2.51. The molecule has 1 saturated heterocycles. The van der Waals surface area contributed by atoms with Gasteiger partial charge in [-0.1, -0.05) is 25.2 Å². The lowest BCUT2D eigenvalue weighted by molar-refractivity contribution is -0.142. The molecule has 3 aliphatic rings. The van der Waals surface area contributed by atoms with Crippen molar-refractivity contribution < 1.29 is 9.53 Å². The van der Waals surface area contributed by atoms with Crippen molar-refractivity contribution in [3.05, 3.63) is 23.8 Å².